The van der Waals surface area contributed by atoms with Gasteiger partial charge >= 0.3 is 0 Å². The lowest BCUT2D eigenvalue weighted by molar-refractivity contribution is 0.336. The van der Waals surface area contributed by atoms with Gasteiger partial charge in [0.1, 0.15) is 5.25 Å². The first-order chi connectivity index (χ1) is 17.8. The Balaban J connectivity index is 0.000000252. The van der Waals surface area contributed by atoms with E-state index in [4.69, 9.17) is 0 Å². The molecule has 188 valence electrons. The summed E-state index contributed by atoms with van der Waals surface area (Å²) in [6.45, 7) is 2.30. The molecule has 0 amide bonds. The molecule has 2 saturated carbocycles. The summed E-state index contributed by atoms with van der Waals surface area (Å²) in [5.74, 6) is 1.10. The fraction of sp³-hybridized carbons (Fsp3) is 0.429. The number of benzene rings is 4. The topological polar surface area (TPSA) is 0 Å². The summed E-state index contributed by atoms with van der Waals surface area (Å²) in [5.41, 5.74) is 0. The molecule has 2 aliphatic rings. The number of hydrogen-bond donors (Lipinski definition) is 0. The van der Waals surface area contributed by atoms with Crippen LogP contribution in [0.4, 0.5) is 0 Å². The molecule has 0 spiro atoms. The molecule has 36 heavy (non-hydrogen) atoms. The molecule has 0 heterocycles. The van der Waals surface area contributed by atoms with E-state index >= 15 is 0 Å². The Kier molecular flexibility index (Phi) is 9.04. The van der Waals surface area contributed by atoms with Crippen LogP contribution in [-0.4, -0.2) is 5.25 Å². The van der Waals surface area contributed by atoms with Crippen molar-refractivity contribution in [2.45, 2.75) is 99.0 Å². The third-order valence-corrected chi connectivity index (χ3v) is 11.1. The fourth-order valence-electron chi connectivity index (χ4n) is 6.44. The molecule has 0 bridgehead atoms. The Hall–Kier alpha value is -2.25. The Morgan fingerprint density at radius 3 is 1.56 bits per heavy atom. The summed E-state index contributed by atoms with van der Waals surface area (Å²) < 4.78 is 0. The lowest BCUT2D eigenvalue weighted by Crippen LogP contribution is -2.25. The molecule has 0 aliphatic heterocycles. The summed E-state index contributed by atoms with van der Waals surface area (Å²) in [5, 5.41) is 6.35. The van der Waals surface area contributed by atoms with Gasteiger partial charge in [-0.15, -0.1) is 0 Å². The average Bonchev–Trinajstić information content (AvgIpc) is 2.95. The Morgan fingerprint density at radius 2 is 1.03 bits per heavy atom. The van der Waals surface area contributed by atoms with Crippen LogP contribution < -0.4 is 0 Å². The highest BCUT2D eigenvalue weighted by Gasteiger charge is 2.38. The van der Waals surface area contributed by atoms with Gasteiger partial charge in [0.25, 0.3) is 0 Å². The molecule has 0 atom stereocenters. The molecule has 0 nitrogen and oxygen atoms in total. The summed E-state index contributed by atoms with van der Waals surface area (Å²) in [6.07, 6.45) is 17.3. The lowest BCUT2D eigenvalue weighted by atomic mass is 9.86. The third-order valence-electron chi connectivity index (χ3n) is 8.28. The average molecular weight is 496 g/mol. The van der Waals surface area contributed by atoms with E-state index in [1.54, 1.807) is 0 Å². The van der Waals surface area contributed by atoms with Crippen LogP contribution in [0.5, 0.6) is 0 Å². The van der Waals surface area contributed by atoms with Gasteiger partial charge in [0.05, 0.1) is 10.9 Å². The van der Waals surface area contributed by atoms with E-state index in [0.717, 1.165) is 11.2 Å². The zero-order chi connectivity index (χ0) is 24.6. The molecular weight excluding hydrogens is 452 g/mol. The standard InChI is InChI=1S/C26H25S.C9H18/c1-2-14-22(15-3-1)27(25-18-8-12-20-10-4-6-16-23(20)25)26-19-9-13-21-11-5-7-17-24(21)26;1-2-6-9-7-4-3-5-8-9/h4-13,16-19,22H,1-3,14-15H2;9H,2-8H2,1H3/q+1;. The van der Waals surface area contributed by atoms with E-state index in [1.807, 2.05) is 0 Å². The molecule has 2 aliphatic carbocycles. The minimum atomic E-state index is 0.113. The van der Waals surface area contributed by atoms with Crippen LogP contribution in [0.1, 0.15) is 84.0 Å². The van der Waals surface area contributed by atoms with Crippen molar-refractivity contribution in [1.29, 1.82) is 0 Å². The fourth-order valence-corrected chi connectivity index (χ4v) is 9.49. The Bertz CT molecular complexity index is 1140. The van der Waals surface area contributed by atoms with Crippen molar-refractivity contribution in [2.24, 2.45) is 5.92 Å². The first-order valence-corrected chi connectivity index (χ1v) is 15.8. The molecule has 0 aromatic heterocycles. The zero-order valence-corrected chi connectivity index (χ0v) is 22.9. The van der Waals surface area contributed by atoms with Gasteiger partial charge in [-0.25, -0.2) is 0 Å². The van der Waals surface area contributed by atoms with Crippen molar-refractivity contribution in [2.75, 3.05) is 0 Å². The Labute approximate surface area is 221 Å². The number of rotatable bonds is 5. The number of hydrogen-bond acceptors (Lipinski definition) is 0. The maximum absolute atomic E-state index is 2.39. The van der Waals surface area contributed by atoms with Gasteiger partial charge in [-0.1, -0.05) is 119 Å². The summed E-state index contributed by atoms with van der Waals surface area (Å²) in [7, 11) is 0.113. The van der Waals surface area contributed by atoms with Gasteiger partial charge in [-0.05, 0) is 66.6 Å². The maximum Gasteiger partial charge on any atom is 0.168 e. The summed E-state index contributed by atoms with van der Waals surface area (Å²) >= 11 is 0. The first kappa shape index (κ1) is 25.4. The minimum absolute atomic E-state index is 0.113. The van der Waals surface area contributed by atoms with E-state index < -0.39 is 0 Å². The molecule has 0 radical (unpaired) electrons. The predicted molar refractivity (Wildman–Crippen MR) is 160 cm³/mol. The zero-order valence-electron chi connectivity index (χ0n) is 22.1. The molecule has 0 saturated heterocycles. The van der Waals surface area contributed by atoms with Crippen LogP contribution in [0, 0.1) is 5.92 Å². The predicted octanol–water partition coefficient (Wildman–Crippen LogP) is 10.7. The van der Waals surface area contributed by atoms with Crippen LogP contribution in [-0.2, 0) is 10.9 Å². The monoisotopic (exact) mass is 495 g/mol. The SMILES string of the molecule is CCCC1CCCCC1.c1ccc2c([S+](c3cccc4ccccc34)C3CCCCC3)cccc2c1. The van der Waals surface area contributed by atoms with E-state index in [-0.39, 0.29) is 10.9 Å². The van der Waals surface area contributed by atoms with Gasteiger partial charge in [0.15, 0.2) is 9.79 Å². The van der Waals surface area contributed by atoms with Crippen molar-refractivity contribution < 1.29 is 0 Å². The van der Waals surface area contributed by atoms with E-state index in [2.05, 4.69) is 91.9 Å². The Morgan fingerprint density at radius 1 is 0.556 bits per heavy atom. The second-order valence-corrected chi connectivity index (χ2v) is 13.1. The highest BCUT2D eigenvalue weighted by Crippen LogP contribution is 2.40. The van der Waals surface area contributed by atoms with Gasteiger partial charge in [0.2, 0.25) is 0 Å². The molecule has 2 fully saturated rings. The van der Waals surface area contributed by atoms with Crippen LogP contribution in [0.2, 0.25) is 0 Å². The van der Waals surface area contributed by atoms with Crippen molar-refractivity contribution >= 4 is 32.4 Å². The second kappa shape index (κ2) is 12.8. The quantitative estimate of drug-likeness (QED) is 0.241. The molecule has 4 aromatic carbocycles. The summed E-state index contributed by atoms with van der Waals surface area (Å²) in [6, 6.07) is 31.6. The van der Waals surface area contributed by atoms with Gasteiger partial charge in [-0.2, -0.15) is 0 Å². The molecule has 0 N–H and O–H groups in total. The van der Waals surface area contributed by atoms with Crippen LogP contribution in [0.25, 0.3) is 21.5 Å². The summed E-state index contributed by atoms with van der Waals surface area (Å²) in [4.78, 5) is 3.08. The molecule has 4 aromatic rings. The van der Waals surface area contributed by atoms with Crippen LogP contribution in [0.15, 0.2) is 94.7 Å². The highest BCUT2D eigenvalue weighted by atomic mass is 32.2. The lowest BCUT2D eigenvalue weighted by Gasteiger charge is -2.24. The molecule has 6 rings (SSSR count). The van der Waals surface area contributed by atoms with Crippen molar-refractivity contribution in [3.8, 4) is 0 Å². The smallest absolute Gasteiger partial charge is 0.0654 e. The minimum Gasteiger partial charge on any atom is -0.0654 e. The second-order valence-electron chi connectivity index (χ2n) is 10.8. The van der Waals surface area contributed by atoms with Gasteiger partial charge in [0, 0.05) is 10.8 Å². The van der Waals surface area contributed by atoms with Crippen molar-refractivity contribution in [1.82, 2.24) is 0 Å². The molecular formula is C35H43S+. The largest absolute Gasteiger partial charge is 0.168 e. The van der Waals surface area contributed by atoms with E-state index in [1.165, 1.54) is 108 Å². The molecule has 0 unspecified atom stereocenters. The van der Waals surface area contributed by atoms with E-state index in [0.29, 0.717) is 0 Å². The number of fused-ring (bicyclic) bond motifs is 2. The third kappa shape index (κ3) is 6.00. The maximum atomic E-state index is 2.39. The normalized spacial score (nSPS) is 17.3. The highest BCUT2D eigenvalue weighted by molar-refractivity contribution is 7.98. The van der Waals surface area contributed by atoms with Crippen molar-refractivity contribution in [3.05, 3.63) is 84.9 Å². The molecule has 1 heteroatoms. The van der Waals surface area contributed by atoms with Crippen molar-refractivity contribution in [3.63, 3.8) is 0 Å². The van der Waals surface area contributed by atoms with Gasteiger partial charge in [-0.3, -0.25) is 0 Å². The van der Waals surface area contributed by atoms with Crippen LogP contribution in [0.3, 0.4) is 0 Å². The van der Waals surface area contributed by atoms with Crippen LogP contribution >= 0.6 is 0 Å². The first-order valence-electron chi connectivity index (χ1n) is 14.5. The van der Waals surface area contributed by atoms with E-state index in [9.17, 15) is 0 Å². The van der Waals surface area contributed by atoms with Gasteiger partial charge < -0.3 is 0 Å².